The van der Waals surface area contributed by atoms with E-state index >= 15 is 0 Å². The molecule has 1 unspecified atom stereocenters. The zero-order valence-electron chi connectivity index (χ0n) is 12.2. The Morgan fingerprint density at radius 1 is 1.24 bits per heavy atom. The van der Waals surface area contributed by atoms with Crippen LogP contribution in [0, 0.1) is 5.92 Å². The standard InChI is InChI=1S/C16H22N2O3/c1-11(9-13-7-8-13)17-16(21)18-14(15(19)20)10-12-5-3-2-4-6-12/h2-6,11,13-14H,7-10H2,1H3,(H,19,20)(H2,17,18,21)/t11?,14-/m1/s1. The van der Waals surface area contributed by atoms with Crippen LogP contribution in [0.5, 0.6) is 0 Å². The fraction of sp³-hybridized carbons (Fsp3) is 0.500. The normalized spacial score (nSPS) is 16.8. The number of benzene rings is 1. The Hall–Kier alpha value is -2.04. The summed E-state index contributed by atoms with van der Waals surface area (Å²) in [7, 11) is 0. The van der Waals surface area contributed by atoms with Crippen molar-refractivity contribution in [2.24, 2.45) is 5.92 Å². The topological polar surface area (TPSA) is 78.4 Å². The lowest BCUT2D eigenvalue weighted by atomic mass is 10.1. The third-order valence-electron chi connectivity index (χ3n) is 3.65. The number of carbonyl (C=O) groups excluding carboxylic acids is 1. The molecule has 0 aliphatic heterocycles. The summed E-state index contributed by atoms with van der Waals surface area (Å²) >= 11 is 0. The summed E-state index contributed by atoms with van der Waals surface area (Å²) in [5, 5.41) is 14.6. The summed E-state index contributed by atoms with van der Waals surface area (Å²) < 4.78 is 0. The smallest absolute Gasteiger partial charge is 0.326 e. The number of carboxylic acid groups (broad SMARTS) is 1. The first-order chi connectivity index (χ1) is 10.0. The molecule has 0 heterocycles. The van der Waals surface area contributed by atoms with E-state index in [1.807, 2.05) is 37.3 Å². The Kier molecular flexibility index (Phi) is 5.20. The highest BCUT2D eigenvalue weighted by molar-refractivity contribution is 5.82. The van der Waals surface area contributed by atoms with Crippen LogP contribution in [0.2, 0.25) is 0 Å². The Morgan fingerprint density at radius 3 is 2.48 bits per heavy atom. The number of rotatable bonds is 7. The van der Waals surface area contributed by atoms with E-state index in [1.54, 1.807) is 0 Å². The van der Waals surface area contributed by atoms with Crippen molar-refractivity contribution in [3.05, 3.63) is 35.9 Å². The highest BCUT2D eigenvalue weighted by Gasteiger charge is 2.25. The number of aliphatic carboxylic acids is 1. The lowest BCUT2D eigenvalue weighted by Gasteiger charge is -2.18. The molecule has 1 aromatic carbocycles. The molecule has 5 heteroatoms. The lowest BCUT2D eigenvalue weighted by molar-refractivity contribution is -0.139. The molecule has 2 atom stereocenters. The van der Waals surface area contributed by atoms with E-state index in [-0.39, 0.29) is 12.5 Å². The van der Waals surface area contributed by atoms with Gasteiger partial charge in [-0.05, 0) is 24.8 Å². The molecule has 0 spiro atoms. The van der Waals surface area contributed by atoms with Gasteiger partial charge in [0.1, 0.15) is 6.04 Å². The number of hydrogen-bond donors (Lipinski definition) is 3. The van der Waals surface area contributed by atoms with Crippen LogP contribution < -0.4 is 10.6 Å². The Morgan fingerprint density at radius 2 is 1.90 bits per heavy atom. The van der Waals surface area contributed by atoms with E-state index in [4.69, 9.17) is 0 Å². The Bertz CT molecular complexity index is 486. The van der Waals surface area contributed by atoms with Crippen LogP contribution in [-0.2, 0) is 11.2 Å². The van der Waals surface area contributed by atoms with Gasteiger partial charge in [0.2, 0.25) is 0 Å². The van der Waals surface area contributed by atoms with Crippen LogP contribution in [0.4, 0.5) is 4.79 Å². The van der Waals surface area contributed by atoms with Gasteiger partial charge in [0.15, 0.2) is 0 Å². The number of carboxylic acids is 1. The zero-order valence-corrected chi connectivity index (χ0v) is 12.2. The first-order valence-corrected chi connectivity index (χ1v) is 7.38. The van der Waals surface area contributed by atoms with E-state index < -0.39 is 18.0 Å². The quantitative estimate of drug-likeness (QED) is 0.720. The largest absolute Gasteiger partial charge is 0.480 e. The lowest BCUT2D eigenvalue weighted by Crippen LogP contribution is -2.49. The highest BCUT2D eigenvalue weighted by Crippen LogP contribution is 2.33. The minimum atomic E-state index is -1.02. The molecule has 2 rings (SSSR count). The summed E-state index contributed by atoms with van der Waals surface area (Å²) in [4.78, 5) is 23.1. The van der Waals surface area contributed by atoms with Gasteiger partial charge in [-0.15, -0.1) is 0 Å². The molecule has 5 nitrogen and oxygen atoms in total. The fourth-order valence-electron chi connectivity index (χ4n) is 2.39. The Balaban J connectivity index is 1.83. The van der Waals surface area contributed by atoms with E-state index in [0.29, 0.717) is 0 Å². The molecule has 2 amide bonds. The molecule has 114 valence electrons. The second-order valence-corrected chi connectivity index (χ2v) is 5.78. The molecule has 1 aromatic rings. The van der Waals surface area contributed by atoms with E-state index in [2.05, 4.69) is 10.6 Å². The Labute approximate surface area is 124 Å². The van der Waals surface area contributed by atoms with Crippen molar-refractivity contribution in [3.8, 4) is 0 Å². The van der Waals surface area contributed by atoms with E-state index in [1.165, 1.54) is 12.8 Å². The molecule has 1 fully saturated rings. The molecule has 0 bridgehead atoms. The van der Waals surface area contributed by atoms with Crippen molar-refractivity contribution in [1.29, 1.82) is 0 Å². The minimum Gasteiger partial charge on any atom is -0.480 e. The molecule has 0 radical (unpaired) electrons. The van der Waals surface area contributed by atoms with Crippen molar-refractivity contribution in [3.63, 3.8) is 0 Å². The zero-order chi connectivity index (χ0) is 15.2. The van der Waals surface area contributed by atoms with Crippen molar-refractivity contribution in [2.45, 2.75) is 44.7 Å². The summed E-state index contributed by atoms with van der Waals surface area (Å²) in [6.07, 6.45) is 3.71. The van der Waals surface area contributed by atoms with E-state index in [0.717, 1.165) is 17.9 Å². The predicted octanol–water partition coefficient (Wildman–Crippen LogP) is 2.17. The van der Waals surface area contributed by atoms with Gasteiger partial charge < -0.3 is 15.7 Å². The SMILES string of the molecule is CC(CC1CC1)NC(=O)N[C@H](Cc1ccccc1)C(=O)O. The van der Waals surface area contributed by atoms with Gasteiger partial charge in [-0.25, -0.2) is 9.59 Å². The van der Waals surface area contributed by atoms with Gasteiger partial charge >= 0.3 is 12.0 Å². The highest BCUT2D eigenvalue weighted by atomic mass is 16.4. The number of carbonyl (C=O) groups is 2. The molecule has 1 aliphatic rings. The molecule has 21 heavy (non-hydrogen) atoms. The third kappa shape index (κ3) is 5.45. The first-order valence-electron chi connectivity index (χ1n) is 7.38. The second kappa shape index (κ2) is 7.11. The summed E-state index contributed by atoms with van der Waals surface area (Å²) in [5.41, 5.74) is 0.885. The molecule has 3 N–H and O–H groups in total. The minimum absolute atomic E-state index is 0.0728. The third-order valence-corrected chi connectivity index (χ3v) is 3.65. The molecular weight excluding hydrogens is 268 g/mol. The van der Waals surface area contributed by atoms with Crippen molar-refractivity contribution >= 4 is 12.0 Å². The average molecular weight is 290 g/mol. The van der Waals surface area contributed by atoms with Gasteiger partial charge in [-0.2, -0.15) is 0 Å². The molecular formula is C16H22N2O3. The molecule has 0 saturated heterocycles. The molecule has 0 aromatic heterocycles. The van der Waals surface area contributed by atoms with E-state index in [9.17, 15) is 14.7 Å². The van der Waals surface area contributed by atoms with Crippen LogP contribution in [0.15, 0.2) is 30.3 Å². The van der Waals surface area contributed by atoms with Crippen LogP contribution in [-0.4, -0.2) is 29.2 Å². The summed E-state index contributed by atoms with van der Waals surface area (Å²) in [6, 6.07) is 8.03. The predicted molar refractivity (Wildman–Crippen MR) is 80.0 cm³/mol. The van der Waals surface area contributed by atoms with Crippen LogP contribution >= 0.6 is 0 Å². The summed E-state index contributed by atoms with van der Waals surface area (Å²) in [5.74, 6) is -0.302. The van der Waals surface area contributed by atoms with Crippen LogP contribution in [0.1, 0.15) is 31.7 Å². The van der Waals surface area contributed by atoms with Gasteiger partial charge in [0, 0.05) is 12.5 Å². The van der Waals surface area contributed by atoms with Gasteiger partial charge in [-0.3, -0.25) is 0 Å². The van der Waals surface area contributed by atoms with Gasteiger partial charge in [0.05, 0.1) is 0 Å². The molecule has 1 aliphatic carbocycles. The summed E-state index contributed by atoms with van der Waals surface area (Å²) in [6.45, 7) is 1.95. The fourth-order valence-corrected chi connectivity index (χ4v) is 2.39. The van der Waals surface area contributed by atoms with Crippen molar-refractivity contribution in [2.75, 3.05) is 0 Å². The van der Waals surface area contributed by atoms with Crippen molar-refractivity contribution < 1.29 is 14.7 Å². The maximum atomic E-state index is 11.9. The number of amides is 2. The van der Waals surface area contributed by atoms with Crippen molar-refractivity contribution in [1.82, 2.24) is 10.6 Å². The van der Waals surface area contributed by atoms with Crippen LogP contribution in [0.25, 0.3) is 0 Å². The maximum Gasteiger partial charge on any atom is 0.326 e. The molecule has 1 saturated carbocycles. The number of urea groups is 1. The van der Waals surface area contributed by atoms with Gasteiger partial charge in [-0.1, -0.05) is 43.2 Å². The van der Waals surface area contributed by atoms with Crippen LogP contribution in [0.3, 0.4) is 0 Å². The first kappa shape index (κ1) is 15.4. The van der Waals surface area contributed by atoms with Gasteiger partial charge in [0.25, 0.3) is 0 Å². The average Bonchev–Trinajstić information content (AvgIpc) is 3.22. The monoisotopic (exact) mass is 290 g/mol. The number of hydrogen-bond acceptors (Lipinski definition) is 2. The maximum absolute atomic E-state index is 11.9. The second-order valence-electron chi connectivity index (χ2n) is 5.78. The number of nitrogens with one attached hydrogen (secondary N) is 2.